The van der Waals surface area contributed by atoms with E-state index in [-0.39, 0.29) is 0 Å². The van der Waals surface area contributed by atoms with Gasteiger partial charge in [-0.25, -0.2) is 0 Å². The predicted molar refractivity (Wildman–Crippen MR) is 74.2 cm³/mol. The number of thioether (sulfide) groups is 1. The minimum atomic E-state index is 0.487. The van der Waals surface area contributed by atoms with Crippen LogP contribution < -0.4 is 14.8 Å². The third kappa shape index (κ3) is 4.48. The highest BCUT2D eigenvalue weighted by atomic mass is 32.2. The Hall–Kier alpha value is -0.870. The number of ether oxygens (including phenoxy) is 2. The zero-order valence-electron chi connectivity index (χ0n) is 10.9. The van der Waals surface area contributed by atoms with E-state index in [0.29, 0.717) is 6.04 Å². The number of rotatable bonds is 7. The van der Waals surface area contributed by atoms with Gasteiger partial charge in [0.25, 0.3) is 0 Å². The van der Waals surface area contributed by atoms with Crippen LogP contribution in [0.1, 0.15) is 12.5 Å². The van der Waals surface area contributed by atoms with Crippen molar-refractivity contribution in [2.24, 2.45) is 0 Å². The first kappa shape index (κ1) is 14.2. The number of methoxy groups -OCH3 is 2. The second-order valence-electron chi connectivity index (χ2n) is 3.92. The lowest BCUT2D eigenvalue weighted by Crippen LogP contribution is -2.27. The summed E-state index contributed by atoms with van der Waals surface area (Å²) in [5, 5.41) is 3.47. The topological polar surface area (TPSA) is 30.5 Å². The van der Waals surface area contributed by atoms with E-state index in [9.17, 15) is 0 Å². The average Bonchev–Trinajstić information content (AvgIpc) is 2.36. The Bertz CT molecular complexity index is 344. The molecule has 0 aliphatic heterocycles. The Morgan fingerprint density at radius 1 is 1.29 bits per heavy atom. The van der Waals surface area contributed by atoms with E-state index in [1.807, 2.05) is 30.0 Å². The largest absolute Gasteiger partial charge is 0.497 e. The molecule has 1 aromatic rings. The first-order valence-corrected chi connectivity index (χ1v) is 7.03. The van der Waals surface area contributed by atoms with Crippen molar-refractivity contribution in [3.63, 3.8) is 0 Å². The first-order valence-electron chi connectivity index (χ1n) is 5.64. The molecular formula is C13H21NO2S. The second-order valence-corrected chi connectivity index (χ2v) is 4.83. The first-order chi connectivity index (χ1) is 8.21. The highest BCUT2D eigenvalue weighted by Gasteiger charge is 2.06. The van der Waals surface area contributed by atoms with Gasteiger partial charge in [0.05, 0.1) is 14.2 Å². The number of hydrogen-bond acceptors (Lipinski definition) is 4. The minimum absolute atomic E-state index is 0.487. The molecule has 0 saturated heterocycles. The molecule has 0 aliphatic carbocycles. The Balaban J connectivity index is 2.67. The van der Waals surface area contributed by atoms with Crippen LogP contribution in [-0.2, 0) is 6.54 Å². The molecule has 1 aromatic carbocycles. The fourth-order valence-corrected chi connectivity index (χ4v) is 2.23. The van der Waals surface area contributed by atoms with Crippen LogP contribution in [-0.4, -0.2) is 32.3 Å². The van der Waals surface area contributed by atoms with E-state index < -0.39 is 0 Å². The normalized spacial score (nSPS) is 12.2. The standard InChI is InChI=1S/C13H21NO2S/c1-10(9-17-4)14-8-11-7-12(15-2)5-6-13(11)16-3/h5-7,10,14H,8-9H2,1-4H3. The summed E-state index contributed by atoms with van der Waals surface area (Å²) in [7, 11) is 3.37. The molecule has 0 bridgehead atoms. The summed E-state index contributed by atoms with van der Waals surface area (Å²) < 4.78 is 10.6. The molecular weight excluding hydrogens is 234 g/mol. The van der Waals surface area contributed by atoms with Crippen molar-refractivity contribution in [2.45, 2.75) is 19.5 Å². The molecule has 0 spiro atoms. The van der Waals surface area contributed by atoms with E-state index in [1.165, 1.54) is 0 Å². The molecule has 0 aliphatic rings. The van der Waals surface area contributed by atoms with Crippen molar-refractivity contribution in [1.29, 1.82) is 0 Å². The number of nitrogens with one attached hydrogen (secondary N) is 1. The van der Waals surface area contributed by atoms with Crippen LogP contribution in [0.2, 0.25) is 0 Å². The van der Waals surface area contributed by atoms with E-state index in [1.54, 1.807) is 14.2 Å². The molecule has 4 heteroatoms. The summed E-state index contributed by atoms with van der Waals surface area (Å²) in [5.41, 5.74) is 1.12. The van der Waals surface area contributed by atoms with Gasteiger partial charge in [-0.2, -0.15) is 11.8 Å². The van der Waals surface area contributed by atoms with E-state index >= 15 is 0 Å². The van der Waals surface area contributed by atoms with Crippen molar-refractivity contribution in [3.05, 3.63) is 23.8 Å². The fraction of sp³-hybridized carbons (Fsp3) is 0.538. The van der Waals surface area contributed by atoms with E-state index in [4.69, 9.17) is 9.47 Å². The Labute approximate surface area is 108 Å². The summed E-state index contributed by atoms with van der Waals surface area (Å²) in [6.45, 7) is 2.98. The summed E-state index contributed by atoms with van der Waals surface area (Å²) in [4.78, 5) is 0. The lowest BCUT2D eigenvalue weighted by molar-refractivity contribution is 0.396. The molecule has 96 valence electrons. The third-order valence-electron chi connectivity index (χ3n) is 2.55. The quantitative estimate of drug-likeness (QED) is 0.811. The van der Waals surface area contributed by atoms with Crippen molar-refractivity contribution < 1.29 is 9.47 Å². The third-order valence-corrected chi connectivity index (χ3v) is 3.38. The molecule has 1 unspecified atom stereocenters. The smallest absolute Gasteiger partial charge is 0.123 e. The fourth-order valence-electron chi connectivity index (χ4n) is 1.61. The molecule has 0 amide bonds. The molecule has 0 saturated carbocycles. The average molecular weight is 255 g/mol. The zero-order chi connectivity index (χ0) is 12.7. The van der Waals surface area contributed by atoms with Gasteiger partial charge < -0.3 is 14.8 Å². The molecule has 0 aromatic heterocycles. The molecule has 0 radical (unpaired) electrons. The van der Waals surface area contributed by atoms with Crippen LogP contribution in [0.5, 0.6) is 11.5 Å². The maximum atomic E-state index is 5.34. The van der Waals surface area contributed by atoms with Gasteiger partial charge in [-0.3, -0.25) is 0 Å². The SMILES string of the molecule is COc1ccc(OC)c(CNC(C)CSC)c1. The van der Waals surface area contributed by atoms with Crippen LogP contribution in [0.3, 0.4) is 0 Å². The van der Waals surface area contributed by atoms with Crippen LogP contribution in [0.4, 0.5) is 0 Å². The Kier molecular flexibility index (Phi) is 6.22. The Morgan fingerprint density at radius 3 is 2.65 bits per heavy atom. The lowest BCUT2D eigenvalue weighted by atomic mass is 10.2. The number of benzene rings is 1. The molecule has 0 heterocycles. The molecule has 0 fully saturated rings. The highest BCUT2D eigenvalue weighted by molar-refractivity contribution is 7.98. The van der Waals surface area contributed by atoms with Crippen LogP contribution in [0.25, 0.3) is 0 Å². The van der Waals surface area contributed by atoms with E-state index in [0.717, 1.165) is 29.4 Å². The van der Waals surface area contributed by atoms with Gasteiger partial charge in [0.2, 0.25) is 0 Å². The molecule has 17 heavy (non-hydrogen) atoms. The highest BCUT2D eigenvalue weighted by Crippen LogP contribution is 2.23. The summed E-state index contributed by atoms with van der Waals surface area (Å²) in [6.07, 6.45) is 2.12. The van der Waals surface area contributed by atoms with Gasteiger partial charge in [-0.15, -0.1) is 0 Å². The summed E-state index contributed by atoms with van der Waals surface area (Å²) >= 11 is 1.84. The van der Waals surface area contributed by atoms with Gasteiger partial charge in [0.1, 0.15) is 11.5 Å². The van der Waals surface area contributed by atoms with Gasteiger partial charge in [-0.1, -0.05) is 0 Å². The van der Waals surface area contributed by atoms with Gasteiger partial charge in [0, 0.05) is 23.9 Å². The summed E-state index contributed by atoms with van der Waals surface area (Å²) in [5.74, 6) is 2.86. The predicted octanol–water partition coefficient (Wildman–Crippen LogP) is 2.54. The maximum Gasteiger partial charge on any atom is 0.123 e. The molecule has 1 rings (SSSR count). The van der Waals surface area contributed by atoms with Gasteiger partial charge >= 0.3 is 0 Å². The zero-order valence-corrected chi connectivity index (χ0v) is 11.8. The van der Waals surface area contributed by atoms with Crippen molar-refractivity contribution in [3.8, 4) is 11.5 Å². The van der Waals surface area contributed by atoms with Crippen LogP contribution in [0.15, 0.2) is 18.2 Å². The Morgan fingerprint density at radius 2 is 2.06 bits per heavy atom. The van der Waals surface area contributed by atoms with E-state index in [2.05, 4.69) is 18.5 Å². The van der Waals surface area contributed by atoms with Gasteiger partial charge in [-0.05, 0) is 31.4 Å². The minimum Gasteiger partial charge on any atom is -0.497 e. The van der Waals surface area contributed by atoms with Crippen molar-refractivity contribution >= 4 is 11.8 Å². The second kappa shape index (κ2) is 7.45. The lowest BCUT2D eigenvalue weighted by Gasteiger charge is -2.15. The molecule has 1 atom stereocenters. The van der Waals surface area contributed by atoms with Crippen LogP contribution >= 0.6 is 11.8 Å². The summed E-state index contributed by atoms with van der Waals surface area (Å²) in [6, 6.07) is 6.35. The number of hydrogen-bond donors (Lipinski definition) is 1. The molecule has 1 N–H and O–H groups in total. The van der Waals surface area contributed by atoms with Crippen molar-refractivity contribution in [1.82, 2.24) is 5.32 Å². The molecule has 3 nitrogen and oxygen atoms in total. The van der Waals surface area contributed by atoms with Gasteiger partial charge in [0.15, 0.2) is 0 Å². The monoisotopic (exact) mass is 255 g/mol. The maximum absolute atomic E-state index is 5.34. The van der Waals surface area contributed by atoms with Crippen LogP contribution in [0, 0.1) is 0 Å². The van der Waals surface area contributed by atoms with Crippen molar-refractivity contribution in [2.75, 3.05) is 26.2 Å².